The number of aromatic nitrogens is 4. The molecule has 2 aromatic rings. The van der Waals surface area contributed by atoms with Gasteiger partial charge >= 0.3 is 0 Å². The van der Waals surface area contributed by atoms with E-state index in [0.29, 0.717) is 6.54 Å². The molecule has 0 aliphatic rings. The number of aryl methyl sites for hydroxylation is 2. The largest absolute Gasteiger partial charge is 0.363 e. The molecule has 0 saturated heterocycles. The molecule has 0 unspecified atom stereocenters. The zero-order chi connectivity index (χ0) is 11.4. The van der Waals surface area contributed by atoms with Crippen LogP contribution in [0.2, 0.25) is 0 Å². The molecule has 5 nitrogen and oxygen atoms in total. The summed E-state index contributed by atoms with van der Waals surface area (Å²) >= 11 is 0. The minimum absolute atomic E-state index is 0.716. The molecular weight excluding hydrogens is 202 g/mol. The standard InChI is InChI=1S/C11H17N5/c1-3-6-16-8-4-10(13-16)9-12-11-5-7-15(2)14-11/h4-5,7-8H,3,6,9H2,1-2H3,(H,12,14). The van der Waals surface area contributed by atoms with Gasteiger partial charge in [0.05, 0.1) is 12.2 Å². The summed E-state index contributed by atoms with van der Waals surface area (Å²) in [7, 11) is 1.90. The van der Waals surface area contributed by atoms with E-state index in [1.165, 1.54) is 0 Å². The van der Waals surface area contributed by atoms with Gasteiger partial charge in [-0.1, -0.05) is 6.92 Å². The highest BCUT2D eigenvalue weighted by Gasteiger charge is 2.00. The first-order chi connectivity index (χ1) is 7.78. The van der Waals surface area contributed by atoms with E-state index in [-0.39, 0.29) is 0 Å². The first-order valence-electron chi connectivity index (χ1n) is 5.54. The maximum atomic E-state index is 4.44. The predicted octanol–water partition coefficient (Wildman–Crippen LogP) is 1.64. The van der Waals surface area contributed by atoms with E-state index in [1.54, 1.807) is 4.68 Å². The van der Waals surface area contributed by atoms with Crippen LogP contribution in [-0.2, 0) is 20.1 Å². The predicted molar refractivity (Wildman–Crippen MR) is 63.1 cm³/mol. The Labute approximate surface area is 95.1 Å². The first-order valence-corrected chi connectivity index (χ1v) is 5.54. The van der Waals surface area contributed by atoms with Gasteiger partial charge in [0, 0.05) is 32.1 Å². The van der Waals surface area contributed by atoms with Crippen LogP contribution in [0.5, 0.6) is 0 Å². The SMILES string of the molecule is CCCn1ccc(CNc2ccn(C)n2)n1. The molecule has 0 spiro atoms. The molecule has 5 heteroatoms. The highest BCUT2D eigenvalue weighted by Crippen LogP contribution is 2.04. The summed E-state index contributed by atoms with van der Waals surface area (Å²) in [5.74, 6) is 0.882. The maximum absolute atomic E-state index is 4.44. The molecule has 2 rings (SSSR count). The van der Waals surface area contributed by atoms with Crippen molar-refractivity contribution >= 4 is 5.82 Å². The number of nitrogens with zero attached hydrogens (tertiary/aromatic N) is 4. The van der Waals surface area contributed by atoms with Crippen molar-refractivity contribution in [2.75, 3.05) is 5.32 Å². The summed E-state index contributed by atoms with van der Waals surface area (Å²) in [6.45, 7) is 3.84. The van der Waals surface area contributed by atoms with Gasteiger partial charge in [-0.25, -0.2) is 0 Å². The molecule has 0 bridgehead atoms. The van der Waals surface area contributed by atoms with E-state index in [2.05, 4.69) is 22.4 Å². The number of hydrogen-bond donors (Lipinski definition) is 1. The Morgan fingerprint density at radius 2 is 2.12 bits per heavy atom. The van der Waals surface area contributed by atoms with Gasteiger partial charge in [0.2, 0.25) is 0 Å². The van der Waals surface area contributed by atoms with E-state index in [4.69, 9.17) is 0 Å². The van der Waals surface area contributed by atoms with Gasteiger partial charge in [0.1, 0.15) is 5.82 Å². The molecule has 0 aliphatic heterocycles. The lowest BCUT2D eigenvalue weighted by atomic mass is 10.4. The molecule has 2 heterocycles. The Kier molecular flexibility index (Phi) is 3.24. The van der Waals surface area contributed by atoms with Crippen LogP contribution in [-0.4, -0.2) is 19.6 Å². The molecule has 0 atom stereocenters. The van der Waals surface area contributed by atoms with E-state index in [9.17, 15) is 0 Å². The highest BCUT2D eigenvalue weighted by molar-refractivity contribution is 5.32. The van der Waals surface area contributed by atoms with Crippen LogP contribution in [0.25, 0.3) is 0 Å². The molecule has 0 amide bonds. The van der Waals surface area contributed by atoms with Crippen molar-refractivity contribution in [1.29, 1.82) is 0 Å². The molecule has 0 saturated carbocycles. The van der Waals surface area contributed by atoms with Gasteiger partial charge in [-0.3, -0.25) is 9.36 Å². The number of anilines is 1. The Morgan fingerprint density at radius 3 is 2.81 bits per heavy atom. The second-order valence-corrected chi connectivity index (χ2v) is 3.80. The van der Waals surface area contributed by atoms with Crippen molar-refractivity contribution in [3.8, 4) is 0 Å². The average Bonchev–Trinajstić information content (AvgIpc) is 2.85. The normalized spacial score (nSPS) is 10.6. The zero-order valence-corrected chi connectivity index (χ0v) is 9.72. The van der Waals surface area contributed by atoms with E-state index in [0.717, 1.165) is 24.5 Å². The van der Waals surface area contributed by atoms with Crippen LogP contribution >= 0.6 is 0 Å². The van der Waals surface area contributed by atoms with Crippen molar-refractivity contribution in [1.82, 2.24) is 19.6 Å². The van der Waals surface area contributed by atoms with Crippen LogP contribution < -0.4 is 5.32 Å². The summed E-state index contributed by atoms with van der Waals surface area (Å²) in [6, 6.07) is 3.98. The quantitative estimate of drug-likeness (QED) is 0.831. The van der Waals surface area contributed by atoms with Crippen molar-refractivity contribution in [2.45, 2.75) is 26.4 Å². The van der Waals surface area contributed by atoms with Gasteiger partial charge in [-0.05, 0) is 12.5 Å². The van der Waals surface area contributed by atoms with Gasteiger partial charge < -0.3 is 5.32 Å². The summed E-state index contributed by atoms with van der Waals surface area (Å²) in [5, 5.41) is 11.9. The lowest BCUT2D eigenvalue weighted by Crippen LogP contribution is -2.03. The van der Waals surface area contributed by atoms with E-state index >= 15 is 0 Å². The van der Waals surface area contributed by atoms with Gasteiger partial charge in [-0.15, -0.1) is 0 Å². The minimum Gasteiger partial charge on any atom is -0.363 e. The van der Waals surface area contributed by atoms with Crippen molar-refractivity contribution in [2.24, 2.45) is 7.05 Å². The van der Waals surface area contributed by atoms with Crippen molar-refractivity contribution < 1.29 is 0 Å². The molecule has 16 heavy (non-hydrogen) atoms. The Bertz CT molecular complexity index is 443. The summed E-state index contributed by atoms with van der Waals surface area (Å²) in [5.41, 5.74) is 1.04. The molecule has 86 valence electrons. The van der Waals surface area contributed by atoms with E-state index < -0.39 is 0 Å². The van der Waals surface area contributed by atoms with Crippen LogP contribution in [0.3, 0.4) is 0 Å². The lowest BCUT2D eigenvalue weighted by Gasteiger charge is -1.99. The van der Waals surface area contributed by atoms with Gasteiger partial charge in [0.15, 0.2) is 0 Å². The molecule has 2 aromatic heterocycles. The van der Waals surface area contributed by atoms with Crippen LogP contribution in [0.4, 0.5) is 5.82 Å². The molecule has 0 fully saturated rings. The molecule has 0 aliphatic carbocycles. The second kappa shape index (κ2) is 4.83. The van der Waals surface area contributed by atoms with Gasteiger partial charge in [-0.2, -0.15) is 10.2 Å². The Balaban J connectivity index is 1.89. The van der Waals surface area contributed by atoms with Crippen molar-refractivity contribution in [3.63, 3.8) is 0 Å². The lowest BCUT2D eigenvalue weighted by molar-refractivity contribution is 0.595. The number of nitrogens with one attached hydrogen (secondary N) is 1. The summed E-state index contributed by atoms with van der Waals surface area (Å²) < 4.78 is 3.74. The highest BCUT2D eigenvalue weighted by atomic mass is 15.3. The third-order valence-electron chi connectivity index (χ3n) is 2.31. The first kappa shape index (κ1) is 10.7. The van der Waals surface area contributed by atoms with Crippen LogP contribution in [0, 0.1) is 0 Å². The number of rotatable bonds is 5. The summed E-state index contributed by atoms with van der Waals surface area (Å²) in [6.07, 6.45) is 5.03. The fourth-order valence-electron chi connectivity index (χ4n) is 1.54. The molecule has 1 N–H and O–H groups in total. The third kappa shape index (κ3) is 2.62. The minimum atomic E-state index is 0.716. The summed E-state index contributed by atoms with van der Waals surface area (Å²) in [4.78, 5) is 0. The van der Waals surface area contributed by atoms with Crippen LogP contribution in [0.1, 0.15) is 19.0 Å². The van der Waals surface area contributed by atoms with Gasteiger partial charge in [0.25, 0.3) is 0 Å². The fraction of sp³-hybridized carbons (Fsp3) is 0.455. The number of hydrogen-bond acceptors (Lipinski definition) is 3. The van der Waals surface area contributed by atoms with E-state index in [1.807, 2.05) is 36.3 Å². The third-order valence-corrected chi connectivity index (χ3v) is 2.31. The monoisotopic (exact) mass is 219 g/mol. The van der Waals surface area contributed by atoms with Crippen molar-refractivity contribution in [3.05, 3.63) is 30.2 Å². The average molecular weight is 219 g/mol. The second-order valence-electron chi connectivity index (χ2n) is 3.80. The Morgan fingerprint density at radius 1 is 1.25 bits per heavy atom. The molecule has 0 aromatic carbocycles. The zero-order valence-electron chi connectivity index (χ0n) is 9.72. The smallest absolute Gasteiger partial charge is 0.148 e. The molecule has 0 radical (unpaired) electrons. The molecular formula is C11H17N5. The van der Waals surface area contributed by atoms with Crippen LogP contribution in [0.15, 0.2) is 24.5 Å². The topological polar surface area (TPSA) is 47.7 Å². The fourth-order valence-corrected chi connectivity index (χ4v) is 1.54. The Hall–Kier alpha value is -1.78. The maximum Gasteiger partial charge on any atom is 0.148 e.